The monoisotopic (exact) mass is 328 g/mol. The third kappa shape index (κ3) is 9.41. The van der Waals surface area contributed by atoms with Crippen LogP contribution in [0.4, 0.5) is 0 Å². The van der Waals surface area contributed by atoms with Gasteiger partial charge >= 0.3 is 11.9 Å². The van der Waals surface area contributed by atoms with Crippen LogP contribution < -0.4 is 0 Å². The molecule has 6 heteroatoms. The minimum absolute atomic E-state index is 0.0556. The summed E-state index contributed by atoms with van der Waals surface area (Å²) in [7, 11) is 0. The first-order chi connectivity index (χ1) is 8.13. The molecule has 17 heavy (non-hydrogen) atoms. The Labute approximate surface area is 115 Å². The molecule has 0 rings (SSSR count). The molecular formula is C11H18BrClO4. The van der Waals surface area contributed by atoms with E-state index in [9.17, 15) is 9.59 Å². The highest BCUT2D eigenvalue weighted by Gasteiger charge is 2.17. The van der Waals surface area contributed by atoms with Crippen molar-refractivity contribution in [3.05, 3.63) is 0 Å². The second-order valence-corrected chi connectivity index (χ2v) is 4.45. The molecule has 0 heterocycles. The molecule has 0 spiro atoms. The topological polar surface area (TPSA) is 52.6 Å². The van der Waals surface area contributed by atoms with E-state index < -0.39 is 12.1 Å². The number of ether oxygens (including phenoxy) is 2. The van der Waals surface area contributed by atoms with E-state index in [1.165, 1.54) is 0 Å². The molecule has 0 fully saturated rings. The Hall–Kier alpha value is -0.290. The van der Waals surface area contributed by atoms with Gasteiger partial charge in [-0.1, -0.05) is 35.7 Å². The van der Waals surface area contributed by atoms with Crippen LogP contribution in [0.5, 0.6) is 0 Å². The van der Waals surface area contributed by atoms with E-state index in [-0.39, 0.29) is 18.3 Å². The van der Waals surface area contributed by atoms with Crippen molar-refractivity contribution in [1.29, 1.82) is 0 Å². The molecule has 0 aliphatic rings. The molecule has 0 bridgehead atoms. The third-order valence-electron chi connectivity index (χ3n) is 1.98. The molecule has 0 radical (unpaired) electrons. The average molecular weight is 330 g/mol. The van der Waals surface area contributed by atoms with Gasteiger partial charge in [-0.15, -0.1) is 11.6 Å². The zero-order chi connectivity index (χ0) is 13.1. The minimum Gasteiger partial charge on any atom is -0.466 e. The smallest absolute Gasteiger partial charge is 0.321 e. The summed E-state index contributed by atoms with van der Waals surface area (Å²) in [5.41, 5.74) is 0. The van der Waals surface area contributed by atoms with Gasteiger partial charge in [0.05, 0.1) is 13.0 Å². The summed E-state index contributed by atoms with van der Waals surface area (Å²) in [4.78, 5) is 22.3. The molecule has 0 aliphatic heterocycles. The largest absolute Gasteiger partial charge is 0.466 e. The molecule has 0 aromatic rings. The molecule has 0 saturated heterocycles. The van der Waals surface area contributed by atoms with Crippen LogP contribution in [0.25, 0.3) is 0 Å². The van der Waals surface area contributed by atoms with Gasteiger partial charge in [0.25, 0.3) is 0 Å². The predicted octanol–water partition coefficient (Wildman–Crippen LogP) is 2.66. The maximum absolute atomic E-state index is 11.4. The Kier molecular flexibility index (Phi) is 10.7. The Bertz CT molecular complexity index is 236. The van der Waals surface area contributed by atoms with Gasteiger partial charge in [0.15, 0.2) is 0 Å². The number of hydrogen-bond donors (Lipinski definition) is 0. The Balaban J connectivity index is 3.78. The van der Waals surface area contributed by atoms with Crippen molar-refractivity contribution in [3.63, 3.8) is 0 Å². The van der Waals surface area contributed by atoms with Crippen LogP contribution in [0.2, 0.25) is 0 Å². The van der Waals surface area contributed by atoms with E-state index in [1.807, 2.05) is 0 Å². The van der Waals surface area contributed by atoms with E-state index >= 15 is 0 Å². The van der Waals surface area contributed by atoms with E-state index in [0.29, 0.717) is 11.9 Å². The van der Waals surface area contributed by atoms with Crippen LogP contribution in [0.3, 0.4) is 0 Å². The van der Waals surface area contributed by atoms with Crippen molar-refractivity contribution in [3.8, 4) is 0 Å². The molecule has 1 unspecified atom stereocenters. The SMILES string of the molecule is CCCCCOC(=O)CC(CBr)OC(=O)CCl. The predicted molar refractivity (Wildman–Crippen MR) is 69.5 cm³/mol. The lowest BCUT2D eigenvalue weighted by atomic mass is 10.2. The number of rotatable bonds is 9. The third-order valence-corrected chi connectivity index (χ3v) is 2.92. The van der Waals surface area contributed by atoms with Crippen LogP contribution in [0.15, 0.2) is 0 Å². The summed E-state index contributed by atoms with van der Waals surface area (Å²) in [6.07, 6.45) is 2.52. The Morgan fingerprint density at radius 2 is 2.00 bits per heavy atom. The van der Waals surface area contributed by atoms with Crippen LogP contribution >= 0.6 is 27.5 Å². The lowest BCUT2D eigenvalue weighted by molar-refractivity contribution is -0.152. The van der Waals surface area contributed by atoms with Crippen molar-refractivity contribution >= 4 is 39.5 Å². The summed E-state index contributed by atoms with van der Waals surface area (Å²) in [5, 5.41) is 0.389. The highest BCUT2D eigenvalue weighted by Crippen LogP contribution is 2.06. The second-order valence-electron chi connectivity index (χ2n) is 3.53. The average Bonchev–Trinajstić information content (AvgIpc) is 2.33. The number of carbonyl (C=O) groups is 2. The molecule has 4 nitrogen and oxygen atoms in total. The van der Waals surface area contributed by atoms with Crippen molar-refractivity contribution in [2.45, 2.75) is 38.7 Å². The highest BCUT2D eigenvalue weighted by atomic mass is 79.9. The lowest BCUT2D eigenvalue weighted by Gasteiger charge is -2.13. The van der Waals surface area contributed by atoms with Gasteiger partial charge < -0.3 is 9.47 Å². The van der Waals surface area contributed by atoms with Gasteiger partial charge in [-0.3, -0.25) is 9.59 Å². The Morgan fingerprint density at radius 1 is 1.29 bits per heavy atom. The first-order valence-electron chi connectivity index (χ1n) is 5.61. The zero-order valence-electron chi connectivity index (χ0n) is 9.92. The van der Waals surface area contributed by atoms with E-state index in [2.05, 4.69) is 22.9 Å². The minimum atomic E-state index is -0.533. The zero-order valence-corrected chi connectivity index (χ0v) is 12.3. The number of halogens is 2. The van der Waals surface area contributed by atoms with Crippen molar-refractivity contribution in [1.82, 2.24) is 0 Å². The lowest BCUT2D eigenvalue weighted by Crippen LogP contribution is -2.24. The first-order valence-corrected chi connectivity index (χ1v) is 7.26. The van der Waals surface area contributed by atoms with Crippen LogP contribution in [-0.2, 0) is 19.1 Å². The fraction of sp³-hybridized carbons (Fsp3) is 0.818. The quantitative estimate of drug-likeness (QED) is 0.371. The van der Waals surface area contributed by atoms with Gasteiger partial charge in [-0.2, -0.15) is 0 Å². The maximum Gasteiger partial charge on any atom is 0.321 e. The summed E-state index contributed by atoms with van der Waals surface area (Å²) in [5.74, 6) is -1.10. The number of carbonyl (C=O) groups excluding carboxylic acids is 2. The van der Waals surface area contributed by atoms with Crippen LogP contribution in [0, 0.1) is 0 Å². The molecule has 100 valence electrons. The van der Waals surface area contributed by atoms with Gasteiger partial charge in [-0.05, 0) is 6.42 Å². The molecule has 1 atom stereocenters. The number of unbranched alkanes of at least 4 members (excludes halogenated alkanes) is 2. The van der Waals surface area contributed by atoms with Crippen LogP contribution in [-0.4, -0.2) is 35.9 Å². The summed E-state index contributed by atoms with van der Waals surface area (Å²) < 4.78 is 9.94. The molecule has 0 aromatic heterocycles. The van der Waals surface area contributed by atoms with E-state index in [4.69, 9.17) is 21.1 Å². The molecule has 0 saturated carbocycles. The fourth-order valence-electron chi connectivity index (χ4n) is 1.13. The van der Waals surface area contributed by atoms with Crippen molar-refractivity contribution in [2.75, 3.05) is 17.8 Å². The molecule has 0 aliphatic carbocycles. The summed E-state index contributed by atoms with van der Waals surface area (Å²) in [6.45, 7) is 2.50. The summed E-state index contributed by atoms with van der Waals surface area (Å²) >= 11 is 8.47. The van der Waals surface area contributed by atoms with E-state index in [0.717, 1.165) is 19.3 Å². The summed E-state index contributed by atoms with van der Waals surface area (Å²) in [6, 6.07) is 0. The Morgan fingerprint density at radius 3 is 2.53 bits per heavy atom. The van der Waals surface area contributed by atoms with Gasteiger partial charge in [0, 0.05) is 5.33 Å². The molecule has 0 N–H and O–H groups in total. The molecular weight excluding hydrogens is 311 g/mol. The molecule has 0 aromatic carbocycles. The fourth-order valence-corrected chi connectivity index (χ4v) is 1.55. The number of alkyl halides is 2. The number of hydrogen-bond acceptors (Lipinski definition) is 4. The first kappa shape index (κ1) is 16.7. The normalized spacial score (nSPS) is 11.9. The van der Waals surface area contributed by atoms with Gasteiger partial charge in [0.1, 0.15) is 12.0 Å². The molecule has 0 amide bonds. The van der Waals surface area contributed by atoms with Crippen molar-refractivity contribution < 1.29 is 19.1 Å². The second kappa shape index (κ2) is 10.8. The van der Waals surface area contributed by atoms with Gasteiger partial charge in [-0.25, -0.2) is 0 Å². The van der Waals surface area contributed by atoms with Crippen LogP contribution in [0.1, 0.15) is 32.6 Å². The van der Waals surface area contributed by atoms with Gasteiger partial charge in [0.2, 0.25) is 0 Å². The standard InChI is InChI=1S/C11H18BrClO4/c1-2-3-4-5-16-10(14)6-9(7-12)17-11(15)8-13/h9H,2-8H2,1H3. The highest BCUT2D eigenvalue weighted by molar-refractivity contribution is 9.09. The number of esters is 2. The van der Waals surface area contributed by atoms with Crippen molar-refractivity contribution in [2.24, 2.45) is 0 Å². The van der Waals surface area contributed by atoms with E-state index in [1.54, 1.807) is 0 Å². The maximum atomic E-state index is 11.4.